The first-order chi connectivity index (χ1) is 12.8. The topological polar surface area (TPSA) is 18.5 Å². The zero-order valence-corrected chi connectivity index (χ0v) is 16.8. The lowest BCUT2D eigenvalue weighted by Crippen LogP contribution is -2.26. The van der Waals surface area contributed by atoms with Gasteiger partial charge in [0.05, 0.1) is 7.11 Å². The van der Waals surface area contributed by atoms with Crippen molar-refractivity contribution in [1.29, 1.82) is 0 Å². The highest BCUT2D eigenvalue weighted by Gasteiger charge is 2.31. The van der Waals surface area contributed by atoms with Gasteiger partial charge in [-0.2, -0.15) is 0 Å². The summed E-state index contributed by atoms with van der Waals surface area (Å²) in [5.41, 5.74) is 3.22. The van der Waals surface area contributed by atoms with E-state index < -0.39 is 0 Å². The predicted octanol–water partition coefficient (Wildman–Crippen LogP) is 6.23. The molecule has 0 radical (unpaired) electrons. The van der Waals surface area contributed by atoms with Crippen molar-refractivity contribution >= 4 is 0 Å². The molecule has 27 heavy (non-hydrogen) atoms. The van der Waals surface area contributed by atoms with Gasteiger partial charge < -0.3 is 9.47 Å². The molecule has 3 aromatic rings. The van der Waals surface area contributed by atoms with Crippen molar-refractivity contribution in [2.45, 2.75) is 38.7 Å². The Bertz CT molecular complexity index is 859. The SMILES string of the molecule is COc1ccc(C(C)(c2ccccc2)c2ccc(OC(C)(C)C)cc2)cc1. The molecule has 0 saturated heterocycles. The molecular weight excluding hydrogens is 332 g/mol. The molecule has 0 amide bonds. The maximum Gasteiger partial charge on any atom is 0.120 e. The maximum atomic E-state index is 5.99. The molecule has 0 fully saturated rings. The van der Waals surface area contributed by atoms with Gasteiger partial charge in [0, 0.05) is 5.41 Å². The van der Waals surface area contributed by atoms with Crippen molar-refractivity contribution in [3.05, 3.63) is 95.6 Å². The Hall–Kier alpha value is -2.74. The van der Waals surface area contributed by atoms with Crippen LogP contribution in [-0.2, 0) is 5.41 Å². The van der Waals surface area contributed by atoms with E-state index in [2.05, 4.69) is 94.4 Å². The smallest absolute Gasteiger partial charge is 0.120 e. The summed E-state index contributed by atoms with van der Waals surface area (Å²) in [5, 5.41) is 0. The van der Waals surface area contributed by atoms with Crippen LogP contribution in [-0.4, -0.2) is 12.7 Å². The first-order valence-electron chi connectivity index (χ1n) is 9.32. The second-order valence-electron chi connectivity index (χ2n) is 7.96. The van der Waals surface area contributed by atoms with Crippen molar-refractivity contribution in [2.24, 2.45) is 0 Å². The maximum absolute atomic E-state index is 5.99. The van der Waals surface area contributed by atoms with Gasteiger partial charge in [-0.15, -0.1) is 0 Å². The quantitative estimate of drug-likeness (QED) is 0.502. The molecule has 0 heterocycles. The molecule has 0 spiro atoms. The van der Waals surface area contributed by atoms with E-state index in [0.29, 0.717) is 0 Å². The number of benzene rings is 3. The molecule has 3 aromatic carbocycles. The van der Waals surface area contributed by atoms with Crippen molar-refractivity contribution in [3.63, 3.8) is 0 Å². The molecule has 1 atom stereocenters. The average molecular weight is 360 g/mol. The first kappa shape index (κ1) is 19.0. The lowest BCUT2D eigenvalue weighted by Gasteiger charge is -2.32. The molecule has 0 aliphatic carbocycles. The third kappa shape index (κ3) is 4.16. The zero-order valence-electron chi connectivity index (χ0n) is 16.8. The molecule has 0 aliphatic heterocycles. The van der Waals surface area contributed by atoms with E-state index >= 15 is 0 Å². The fraction of sp³-hybridized carbons (Fsp3) is 0.280. The minimum absolute atomic E-state index is 0.208. The number of hydrogen-bond acceptors (Lipinski definition) is 2. The summed E-state index contributed by atoms with van der Waals surface area (Å²) < 4.78 is 11.3. The lowest BCUT2D eigenvalue weighted by molar-refractivity contribution is 0.131. The normalized spacial score (nSPS) is 13.7. The third-order valence-corrected chi connectivity index (χ3v) is 4.87. The molecule has 2 heteroatoms. The predicted molar refractivity (Wildman–Crippen MR) is 112 cm³/mol. The molecule has 0 N–H and O–H groups in total. The average Bonchev–Trinajstić information content (AvgIpc) is 2.67. The van der Waals surface area contributed by atoms with Crippen LogP contribution >= 0.6 is 0 Å². The van der Waals surface area contributed by atoms with Crippen LogP contribution in [0.25, 0.3) is 0 Å². The number of methoxy groups -OCH3 is 1. The summed E-state index contributed by atoms with van der Waals surface area (Å²) in [5.74, 6) is 1.75. The Morgan fingerprint density at radius 1 is 0.556 bits per heavy atom. The van der Waals surface area contributed by atoms with Crippen LogP contribution in [0.2, 0.25) is 0 Å². The number of rotatable bonds is 5. The highest BCUT2D eigenvalue weighted by atomic mass is 16.5. The van der Waals surface area contributed by atoms with Gasteiger partial charge in [0.2, 0.25) is 0 Å². The van der Waals surface area contributed by atoms with Gasteiger partial charge in [0.15, 0.2) is 0 Å². The summed E-state index contributed by atoms with van der Waals surface area (Å²) in [4.78, 5) is 0. The third-order valence-electron chi connectivity index (χ3n) is 4.87. The van der Waals surface area contributed by atoms with E-state index in [0.717, 1.165) is 11.5 Å². The van der Waals surface area contributed by atoms with E-state index in [9.17, 15) is 0 Å². The van der Waals surface area contributed by atoms with Crippen molar-refractivity contribution in [2.75, 3.05) is 7.11 Å². The Balaban J connectivity index is 2.07. The number of hydrogen-bond donors (Lipinski definition) is 0. The Kier molecular flexibility index (Phi) is 5.27. The molecule has 0 aliphatic rings. The van der Waals surface area contributed by atoms with Gasteiger partial charge in [0.25, 0.3) is 0 Å². The molecule has 2 nitrogen and oxygen atoms in total. The Morgan fingerprint density at radius 3 is 1.44 bits per heavy atom. The van der Waals surface area contributed by atoms with Crippen LogP contribution in [0.3, 0.4) is 0 Å². The van der Waals surface area contributed by atoms with Crippen LogP contribution in [0, 0.1) is 0 Å². The van der Waals surface area contributed by atoms with Gasteiger partial charge in [0.1, 0.15) is 17.1 Å². The van der Waals surface area contributed by atoms with Crippen LogP contribution in [0.1, 0.15) is 44.4 Å². The highest BCUT2D eigenvalue weighted by Crippen LogP contribution is 2.40. The summed E-state index contributed by atoms with van der Waals surface area (Å²) in [7, 11) is 1.69. The fourth-order valence-corrected chi connectivity index (χ4v) is 3.41. The van der Waals surface area contributed by atoms with Gasteiger partial charge in [-0.1, -0.05) is 54.6 Å². The summed E-state index contributed by atoms with van der Waals surface area (Å²) in [6, 6.07) is 27.4. The molecule has 0 aromatic heterocycles. The Labute approximate surface area is 162 Å². The molecule has 3 rings (SSSR count). The second-order valence-corrected chi connectivity index (χ2v) is 7.96. The monoisotopic (exact) mass is 360 g/mol. The Morgan fingerprint density at radius 2 is 1.00 bits per heavy atom. The minimum atomic E-state index is -0.270. The summed E-state index contributed by atoms with van der Waals surface area (Å²) in [6.07, 6.45) is 0. The standard InChI is InChI=1S/C25H28O2/c1-24(2,3)27-23-17-13-21(14-18-23)25(4,19-9-7-6-8-10-19)20-11-15-22(26-5)16-12-20/h6-18H,1-5H3. The van der Waals surface area contributed by atoms with E-state index in [1.54, 1.807) is 7.11 Å². The van der Waals surface area contributed by atoms with Gasteiger partial charge in [-0.05, 0) is 68.7 Å². The van der Waals surface area contributed by atoms with Gasteiger partial charge in [-0.25, -0.2) is 0 Å². The van der Waals surface area contributed by atoms with Crippen LogP contribution in [0.4, 0.5) is 0 Å². The molecule has 0 bridgehead atoms. The van der Waals surface area contributed by atoms with E-state index in [1.807, 2.05) is 12.1 Å². The zero-order chi connectivity index (χ0) is 19.5. The second kappa shape index (κ2) is 7.48. The van der Waals surface area contributed by atoms with Crippen LogP contribution < -0.4 is 9.47 Å². The van der Waals surface area contributed by atoms with Gasteiger partial charge in [-0.3, -0.25) is 0 Å². The van der Waals surface area contributed by atoms with Gasteiger partial charge >= 0.3 is 0 Å². The van der Waals surface area contributed by atoms with Crippen molar-refractivity contribution < 1.29 is 9.47 Å². The number of ether oxygens (including phenoxy) is 2. The summed E-state index contributed by atoms with van der Waals surface area (Å²) in [6.45, 7) is 8.45. The molecule has 0 saturated carbocycles. The lowest BCUT2D eigenvalue weighted by atomic mass is 9.71. The first-order valence-corrected chi connectivity index (χ1v) is 9.32. The molecular formula is C25H28O2. The van der Waals surface area contributed by atoms with E-state index in [-0.39, 0.29) is 11.0 Å². The highest BCUT2D eigenvalue weighted by molar-refractivity contribution is 5.51. The van der Waals surface area contributed by atoms with Crippen LogP contribution in [0.15, 0.2) is 78.9 Å². The largest absolute Gasteiger partial charge is 0.497 e. The molecule has 1 unspecified atom stereocenters. The minimum Gasteiger partial charge on any atom is -0.497 e. The van der Waals surface area contributed by atoms with Crippen LogP contribution in [0.5, 0.6) is 11.5 Å². The summed E-state index contributed by atoms with van der Waals surface area (Å²) >= 11 is 0. The van der Waals surface area contributed by atoms with E-state index in [4.69, 9.17) is 9.47 Å². The van der Waals surface area contributed by atoms with Crippen molar-refractivity contribution in [3.8, 4) is 11.5 Å². The molecule has 140 valence electrons. The fourth-order valence-electron chi connectivity index (χ4n) is 3.41. The van der Waals surface area contributed by atoms with E-state index in [1.165, 1.54) is 16.7 Å². The van der Waals surface area contributed by atoms with Crippen molar-refractivity contribution in [1.82, 2.24) is 0 Å².